The van der Waals surface area contributed by atoms with Crippen LogP contribution in [0.3, 0.4) is 0 Å². The van der Waals surface area contributed by atoms with E-state index in [1.165, 1.54) is 0 Å². The first-order valence-electron chi connectivity index (χ1n) is 6.08. The largest absolute Gasteiger partial charge is 0.394 e. The smallest absolute Gasteiger partial charge is 0.239 e. The van der Waals surface area contributed by atoms with Crippen molar-refractivity contribution >= 4 is 11.8 Å². The SMILES string of the molecule is O=C1CNC(C(=O)NC2(CO)CCCC2)CN1. The van der Waals surface area contributed by atoms with Crippen molar-refractivity contribution in [3.63, 3.8) is 0 Å². The van der Waals surface area contributed by atoms with Gasteiger partial charge < -0.3 is 15.7 Å². The number of amides is 2. The van der Waals surface area contributed by atoms with Gasteiger partial charge in [0.25, 0.3) is 0 Å². The minimum absolute atomic E-state index is 0.0161. The van der Waals surface area contributed by atoms with Gasteiger partial charge in [0, 0.05) is 6.54 Å². The number of aliphatic hydroxyl groups excluding tert-OH is 1. The number of aliphatic hydroxyl groups is 1. The average Bonchev–Trinajstić information content (AvgIpc) is 2.79. The van der Waals surface area contributed by atoms with Crippen LogP contribution in [0.2, 0.25) is 0 Å². The molecule has 1 atom stereocenters. The summed E-state index contributed by atoms with van der Waals surface area (Å²) in [7, 11) is 0. The molecule has 0 aromatic heterocycles. The molecule has 2 rings (SSSR count). The van der Waals surface area contributed by atoms with Gasteiger partial charge in [-0.05, 0) is 12.8 Å². The lowest BCUT2D eigenvalue weighted by molar-refractivity contribution is -0.128. The van der Waals surface area contributed by atoms with Crippen molar-refractivity contribution in [1.82, 2.24) is 16.0 Å². The number of piperazine rings is 1. The van der Waals surface area contributed by atoms with Gasteiger partial charge in [-0.1, -0.05) is 12.8 Å². The van der Waals surface area contributed by atoms with Gasteiger partial charge in [0.15, 0.2) is 0 Å². The van der Waals surface area contributed by atoms with Crippen molar-refractivity contribution in [3.05, 3.63) is 0 Å². The molecule has 6 nitrogen and oxygen atoms in total. The zero-order valence-electron chi connectivity index (χ0n) is 9.79. The van der Waals surface area contributed by atoms with Crippen molar-refractivity contribution in [2.75, 3.05) is 19.7 Å². The van der Waals surface area contributed by atoms with Gasteiger partial charge >= 0.3 is 0 Å². The van der Waals surface area contributed by atoms with Gasteiger partial charge in [-0.15, -0.1) is 0 Å². The summed E-state index contributed by atoms with van der Waals surface area (Å²) in [4.78, 5) is 22.9. The quantitative estimate of drug-likeness (QED) is 0.484. The lowest BCUT2D eigenvalue weighted by atomic mass is 9.98. The Hall–Kier alpha value is -1.14. The third-order valence-electron chi connectivity index (χ3n) is 3.58. The average molecular weight is 241 g/mol. The van der Waals surface area contributed by atoms with E-state index in [0.717, 1.165) is 25.7 Å². The summed E-state index contributed by atoms with van der Waals surface area (Å²) in [6.07, 6.45) is 3.73. The Labute approximate surface area is 100 Å². The Kier molecular flexibility index (Phi) is 3.63. The summed E-state index contributed by atoms with van der Waals surface area (Å²) in [6.45, 7) is 0.466. The summed E-state index contributed by atoms with van der Waals surface area (Å²) >= 11 is 0. The molecular weight excluding hydrogens is 222 g/mol. The maximum absolute atomic E-state index is 12.0. The van der Waals surface area contributed by atoms with E-state index in [4.69, 9.17) is 0 Å². The zero-order valence-corrected chi connectivity index (χ0v) is 9.79. The Morgan fingerprint density at radius 2 is 2.18 bits per heavy atom. The van der Waals surface area contributed by atoms with Gasteiger partial charge in [-0.3, -0.25) is 14.9 Å². The topological polar surface area (TPSA) is 90.5 Å². The van der Waals surface area contributed by atoms with Gasteiger partial charge in [0.2, 0.25) is 11.8 Å². The summed E-state index contributed by atoms with van der Waals surface area (Å²) in [6, 6.07) is -0.392. The van der Waals surface area contributed by atoms with Crippen LogP contribution < -0.4 is 16.0 Å². The predicted octanol–water partition coefficient (Wildman–Crippen LogP) is -1.50. The maximum Gasteiger partial charge on any atom is 0.239 e. The van der Waals surface area contributed by atoms with Crippen LogP contribution in [0.15, 0.2) is 0 Å². The van der Waals surface area contributed by atoms with Crippen molar-refractivity contribution < 1.29 is 14.7 Å². The van der Waals surface area contributed by atoms with Gasteiger partial charge in [0.1, 0.15) is 6.04 Å². The third kappa shape index (κ3) is 2.76. The second kappa shape index (κ2) is 5.01. The second-order valence-corrected chi connectivity index (χ2v) is 4.87. The highest BCUT2D eigenvalue weighted by Gasteiger charge is 2.36. The molecule has 2 aliphatic rings. The summed E-state index contributed by atoms with van der Waals surface area (Å²) in [5.41, 5.74) is -0.444. The fourth-order valence-corrected chi connectivity index (χ4v) is 2.47. The number of hydrogen-bond donors (Lipinski definition) is 4. The molecule has 1 aliphatic carbocycles. The summed E-state index contributed by atoms with van der Waals surface area (Å²) < 4.78 is 0. The van der Waals surface area contributed by atoms with E-state index in [0.29, 0.717) is 6.54 Å². The third-order valence-corrected chi connectivity index (χ3v) is 3.58. The zero-order chi connectivity index (χ0) is 12.3. The Bertz CT molecular complexity index is 303. The first kappa shape index (κ1) is 12.3. The highest BCUT2D eigenvalue weighted by Crippen LogP contribution is 2.29. The van der Waals surface area contributed by atoms with E-state index in [1.807, 2.05) is 0 Å². The first-order valence-corrected chi connectivity index (χ1v) is 6.08. The molecule has 1 heterocycles. The monoisotopic (exact) mass is 241 g/mol. The molecule has 1 unspecified atom stereocenters. The van der Waals surface area contributed by atoms with Gasteiger partial charge in [-0.25, -0.2) is 0 Å². The van der Waals surface area contributed by atoms with Crippen LogP contribution in [0.4, 0.5) is 0 Å². The van der Waals surface area contributed by atoms with E-state index in [9.17, 15) is 14.7 Å². The van der Waals surface area contributed by atoms with Crippen molar-refractivity contribution in [3.8, 4) is 0 Å². The summed E-state index contributed by atoms with van der Waals surface area (Å²) in [5.74, 6) is -0.229. The maximum atomic E-state index is 12.0. The molecule has 17 heavy (non-hydrogen) atoms. The van der Waals surface area contributed by atoms with E-state index in [2.05, 4.69) is 16.0 Å². The van der Waals surface area contributed by atoms with Crippen molar-refractivity contribution in [2.24, 2.45) is 0 Å². The summed E-state index contributed by atoms with van der Waals surface area (Å²) in [5, 5.41) is 17.8. The second-order valence-electron chi connectivity index (χ2n) is 4.87. The van der Waals surface area contributed by atoms with E-state index < -0.39 is 11.6 Å². The van der Waals surface area contributed by atoms with Crippen LogP contribution in [0.25, 0.3) is 0 Å². The van der Waals surface area contributed by atoms with Crippen LogP contribution in [-0.2, 0) is 9.59 Å². The number of carbonyl (C=O) groups excluding carboxylic acids is 2. The molecule has 0 aromatic rings. The lowest BCUT2D eigenvalue weighted by Gasteiger charge is -2.31. The highest BCUT2D eigenvalue weighted by molar-refractivity contribution is 5.87. The van der Waals surface area contributed by atoms with Gasteiger partial charge in [0.05, 0.1) is 18.7 Å². The molecule has 2 amide bonds. The number of hydrogen-bond acceptors (Lipinski definition) is 4. The number of carbonyl (C=O) groups is 2. The van der Waals surface area contributed by atoms with Crippen LogP contribution in [-0.4, -0.2) is 48.2 Å². The molecule has 96 valence electrons. The molecule has 0 spiro atoms. The predicted molar refractivity (Wildman–Crippen MR) is 61.2 cm³/mol. The van der Waals surface area contributed by atoms with Gasteiger partial charge in [-0.2, -0.15) is 0 Å². The van der Waals surface area contributed by atoms with Crippen LogP contribution in [0.5, 0.6) is 0 Å². The van der Waals surface area contributed by atoms with Crippen LogP contribution >= 0.6 is 0 Å². The molecule has 1 aliphatic heterocycles. The normalized spacial score (nSPS) is 27.6. The first-order chi connectivity index (χ1) is 8.15. The number of nitrogens with one attached hydrogen (secondary N) is 3. The molecule has 4 N–H and O–H groups in total. The standard InChI is InChI=1S/C11H19N3O3/c15-7-11(3-1-2-4-11)14-10(17)8-5-13-9(16)6-12-8/h8,12,15H,1-7H2,(H,13,16)(H,14,17). The van der Waals surface area contributed by atoms with Crippen molar-refractivity contribution in [2.45, 2.75) is 37.3 Å². The van der Waals surface area contributed by atoms with E-state index >= 15 is 0 Å². The minimum atomic E-state index is -0.444. The molecule has 2 fully saturated rings. The van der Waals surface area contributed by atoms with Crippen molar-refractivity contribution in [1.29, 1.82) is 0 Å². The Balaban J connectivity index is 1.89. The minimum Gasteiger partial charge on any atom is -0.394 e. The molecule has 1 saturated heterocycles. The van der Waals surface area contributed by atoms with E-state index in [1.54, 1.807) is 0 Å². The fourth-order valence-electron chi connectivity index (χ4n) is 2.47. The highest BCUT2D eigenvalue weighted by atomic mass is 16.3. The van der Waals surface area contributed by atoms with Crippen LogP contribution in [0.1, 0.15) is 25.7 Å². The number of rotatable bonds is 3. The molecule has 6 heteroatoms. The molecular formula is C11H19N3O3. The van der Waals surface area contributed by atoms with E-state index in [-0.39, 0.29) is 25.0 Å². The molecule has 0 aromatic carbocycles. The molecule has 0 bridgehead atoms. The lowest BCUT2D eigenvalue weighted by Crippen LogP contribution is -2.61. The molecule has 1 saturated carbocycles. The Morgan fingerprint density at radius 1 is 1.47 bits per heavy atom. The molecule has 0 radical (unpaired) electrons. The van der Waals surface area contributed by atoms with Crippen LogP contribution in [0, 0.1) is 0 Å². The Morgan fingerprint density at radius 3 is 2.71 bits per heavy atom. The fraction of sp³-hybridized carbons (Fsp3) is 0.818.